The summed E-state index contributed by atoms with van der Waals surface area (Å²) in [6, 6.07) is 8.50. The number of nitrogens with two attached hydrogens (primary N) is 1. The van der Waals surface area contributed by atoms with E-state index in [2.05, 4.69) is 10.3 Å². The Kier molecular flexibility index (Phi) is 7.76. The Morgan fingerprint density at radius 2 is 1.90 bits per heavy atom. The summed E-state index contributed by atoms with van der Waals surface area (Å²) in [6.07, 6.45) is 4.51. The molecule has 5 rings (SSSR count). The summed E-state index contributed by atoms with van der Waals surface area (Å²) >= 11 is 6.41. The van der Waals surface area contributed by atoms with Crippen molar-refractivity contribution in [2.75, 3.05) is 38.6 Å². The summed E-state index contributed by atoms with van der Waals surface area (Å²) in [6.45, 7) is 1.69. The molecule has 202 valence electrons. The van der Waals surface area contributed by atoms with Gasteiger partial charge in [0.1, 0.15) is 29.3 Å². The zero-order valence-electron chi connectivity index (χ0n) is 20.8. The fourth-order valence-electron chi connectivity index (χ4n) is 4.53. The number of nitrogen functional groups attached to an aromatic ring is 1. The van der Waals surface area contributed by atoms with Gasteiger partial charge >= 0.3 is 0 Å². The Morgan fingerprint density at radius 1 is 1.15 bits per heavy atom. The van der Waals surface area contributed by atoms with Gasteiger partial charge in [0, 0.05) is 42.9 Å². The summed E-state index contributed by atoms with van der Waals surface area (Å²) in [4.78, 5) is 30.4. The largest absolute Gasteiger partial charge is 0.486 e. The molecule has 3 N–H and O–H groups in total. The first kappa shape index (κ1) is 26.6. The van der Waals surface area contributed by atoms with Crippen LogP contribution in [0.4, 0.5) is 14.6 Å². The smallest absolute Gasteiger partial charge is 0.254 e. The van der Waals surface area contributed by atoms with Crippen LogP contribution in [0, 0.1) is 11.6 Å². The van der Waals surface area contributed by atoms with Crippen LogP contribution in [0.1, 0.15) is 21.5 Å². The average molecular weight is 555 g/mol. The van der Waals surface area contributed by atoms with Crippen LogP contribution in [0.5, 0.6) is 5.75 Å². The second-order valence-electron chi connectivity index (χ2n) is 9.20. The summed E-state index contributed by atoms with van der Waals surface area (Å²) in [5.74, 6) is -1.72. The third kappa shape index (κ3) is 6.02. The van der Waals surface area contributed by atoms with Gasteiger partial charge in [0.15, 0.2) is 0 Å². The van der Waals surface area contributed by atoms with E-state index >= 15 is 8.78 Å². The minimum absolute atomic E-state index is 0.0660. The lowest BCUT2D eigenvalue weighted by Gasteiger charge is -2.27. The number of benzene rings is 2. The number of nitrogens with one attached hydrogen (secondary N) is 1. The van der Waals surface area contributed by atoms with Crippen LogP contribution in [0.2, 0.25) is 5.02 Å². The van der Waals surface area contributed by atoms with Crippen LogP contribution < -0.4 is 15.8 Å². The number of hydrogen-bond acceptors (Lipinski definition) is 6. The molecule has 3 aromatic rings. The van der Waals surface area contributed by atoms with E-state index in [1.54, 1.807) is 30.5 Å². The number of ether oxygens (including phenoxy) is 2. The molecule has 2 aliphatic rings. The molecular formula is C28H25ClF2N4O4. The first-order valence-electron chi connectivity index (χ1n) is 12.3. The van der Waals surface area contributed by atoms with Crippen molar-refractivity contribution in [3.63, 3.8) is 0 Å². The van der Waals surface area contributed by atoms with E-state index in [1.165, 1.54) is 17.0 Å². The molecule has 0 spiro atoms. The quantitative estimate of drug-likeness (QED) is 0.448. The molecule has 0 bridgehead atoms. The standard InChI is InChI=1S/C28H25ClF2N4O4/c29-21-11-17(26-22(30)12-19(13-23(26)31)28(37)35-5-7-38-8-6-35)9-18-10-20(39-27(18)21)15-34-25(36)4-2-16-1-3-24(32)33-14-16/h1-4,9,11-14,20H,5-8,10,15H2,(H2,32,33)(H,34,36). The first-order chi connectivity index (χ1) is 18.8. The van der Waals surface area contributed by atoms with E-state index in [9.17, 15) is 9.59 Å². The molecule has 2 aliphatic heterocycles. The number of amides is 2. The zero-order valence-corrected chi connectivity index (χ0v) is 21.5. The molecule has 0 radical (unpaired) electrons. The van der Waals surface area contributed by atoms with Gasteiger partial charge in [0.25, 0.3) is 5.91 Å². The van der Waals surface area contributed by atoms with Crippen molar-refractivity contribution in [1.29, 1.82) is 0 Å². The highest BCUT2D eigenvalue weighted by atomic mass is 35.5. The van der Waals surface area contributed by atoms with Gasteiger partial charge in [-0.3, -0.25) is 9.59 Å². The summed E-state index contributed by atoms with van der Waals surface area (Å²) < 4.78 is 41.4. The SMILES string of the molecule is Nc1ccc(C=CC(=O)NCC2Cc3cc(-c4c(F)cc(C(=O)N5CCOCC5)cc4F)cc(Cl)c3O2)cn1. The monoisotopic (exact) mass is 554 g/mol. The van der Waals surface area contributed by atoms with Gasteiger partial charge in [-0.05, 0) is 53.6 Å². The molecule has 1 fully saturated rings. The zero-order chi connectivity index (χ0) is 27.5. The van der Waals surface area contributed by atoms with Crippen molar-refractivity contribution >= 4 is 35.3 Å². The predicted octanol–water partition coefficient (Wildman–Crippen LogP) is 3.87. The third-order valence-electron chi connectivity index (χ3n) is 6.47. The Balaban J connectivity index is 1.26. The summed E-state index contributed by atoms with van der Waals surface area (Å²) in [7, 11) is 0. The van der Waals surface area contributed by atoms with Crippen molar-refractivity contribution in [2.24, 2.45) is 0 Å². The molecule has 1 saturated heterocycles. The van der Waals surface area contributed by atoms with E-state index in [4.69, 9.17) is 26.8 Å². The molecule has 1 aromatic heterocycles. The molecule has 2 aromatic carbocycles. The maximum atomic E-state index is 15.1. The highest BCUT2D eigenvalue weighted by Crippen LogP contribution is 2.41. The molecule has 3 heterocycles. The lowest BCUT2D eigenvalue weighted by molar-refractivity contribution is -0.116. The van der Waals surface area contributed by atoms with Crippen LogP contribution in [0.3, 0.4) is 0 Å². The normalized spacial score (nSPS) is 16.7. The van der Waals surface area contributed by atoms with Crippen molar-refractivity contribution in [3.8, 4) is 16.9 Å². The van der Waals surface area contributed by atoms with Gasteiger partial charge in [-0.15, -0.1) is 0 Å². The maximum Gasteiger partial charge on any atom is 0.254 e. The number of nitrogens with zero attached hydrogens (tertiary/aromatic N) is 2. The highest BCUT2D eigenvalue weighted by Gasteiger charge is 2.28. The van der Waals surface area contributed by atoms with E-state index in [-0.39, 0.29) is 34.2 Å². The first-order valence-corrected chi connectivity index (χ1v) is 12.7. The number of rotatable bonds is 6. The van der Waals surface area contributed by atoms with Crippen molar-refractivity contribution in [2.45, 2.75) is 12.5 Å². The number of fused-ring (bicyclic) bond motifs is 1. The minimum atomic E-state index is -0.867. The summed E-state index contributed by atoms with van der Waals surface area (Å²) in [5.41, 5.74) is 6.82. The van der Waals surface area contributed by atoms with Crippen LogP contribution in [-0.4, -0.2) is 60.7 Å². The van der Waals surface area contributed by atoms with Gasteiger partial charge in [-0.1, -0.05) is 11.6 Å². The predicted molar refractivity (Wildman–Crippen MR) is 142 cm³/mol. The Morgan fingerprint density at radius 3 is 2.59 bits per heavy atom. The molecule has 39 heavy (non-hydrogen) atoms. The van der Waals surface area contributed by atoms with Gasteiger partial charge in [0.05, 0.1) is 30.3 Å². The molecule has 1 atom stereocenters. The van der Waals surface area contributed by atoms with Crippen LogP contribution in [0.15, 0.2) is 48.7 Å². The lowest BCUT2D eigenvalue weighted by Crippen LogP contribution is -2.40. The maximum absolute atomic E-state index is 15.1. The van der Waals surface area contributed by atoms with E-state index in [1.807, 2.05) is 0 Å². The van der Waals surface area contributed by atoms with Gasteiger partial charge in [0.2, 0.25) is 5.91 Å². The van der Waals surface area contributed by atoms with Gasteiger partial charge in [-0.2, -0.15) is 0 Å². The molecule has 2 amide bonds. The fraction of sp³-hybridized carbons (Fsp3) is 0.250. The minimum Gasteiger partial charge on any atom is -0.486 e. The van der Waals surface area contributed by atoms with Crippen molar-refractivity contribution in [3.05, 3.63) is 82.0 Å². The number of aromatic nitrogens is 1. The second-order valence-corrected chi connectivity index (χ2v) is 9.61. The Hall–Kier alpha value is -4.02. The number of anilines is 1. The Labute approximate surface area is 228 Å². The van der Waals surface area contributed by atoms with E-state index in [0.29, 0.717) is 49.9 Å². The number of halogens is 3. The van der Waals surface area contributed by atoms with Crippen molar-refractivity contribution in [1.82, 2.24) is 15.2 Å². The fourth-order valence-corrected chi connectivity index (χ4v) is 4.81. The summed E-state index contributed by atoms with van der Waals surface area (Å²) in [5, 5.41) is 2.96. The number of carbonyl (C=O) groups is 2. The van der Waals surface area contributed by atoms with Crippen LogP contribution in [0.25, 0.3) is 17.2 Å². The molecule has 8 nitrogen and oxygen atoms in total. The Bertz CT molecular complexity index is 1420. The molecule has 11 heteroatoms. The van der Waals surface area contributed by atoms with Crippen LogP contribution >= 0.6 is 11.6 Å². The molecule has 0 aliphatic carbocycles. The van der Waals surface area contributed by atoms with Gasteiger partial charge < -0.3 is 25.4 Å². The van der Waals surface area contributed by atoms with E-state index < -0.39 is 23.6 Å². The second kappa shape index (κ2) is 11.4. The highest BCUT2D eigenvalue weighted by molar-refractivity contribution is 6.32. The molecule has 0 saturated carbocycles. The number of pyridine rings is 1. The average Bonchev–Trinajstić information content (AvgIpc) is 3.35. The third-order valence-corrected chi connectivity index (χ3v) is 6.75. The lowest BCUT2D eigenvalue weighted by atomic mass is 9.98. The number of hydrogen-bond donors (Lipinski definition) is 2. The topological polar surface area (TPSA) is 107 Å². The number of morpholine rings is 1. The molecular weight excluding hydrogens is 530 g/mol. The van der Waals surface area contributed by atoms with Crippen molar-refractivity contribution < 1.29 is 27.8 Å². The van der Waals surface area contributed by atoms with Crippen LogP contribution in [-0.2, 0) is 16.0 Å². The molecule has 1 unspecified atom stereocenters. The number of carbonyl (C=O) groups excluding carboxylic acids is 2. The van der Waals surface area contributed by atoms with Gasteiger partial charge in [-0.25, -0.2) is 13.8 Å². The van der Waals surface area contributed by atoms with E-state index in [0.717, 1.165) is 17.7 Å².